The molecule has 1 saturated heterocycles. The molecule has 0 amide bonds. The highest BCUT2D eigenvalue weighted by Crippen LogP contribution is 2.46. The number of anilines is 1. The molecule has 1 aromatic heterocycles. The lowest BCUT2D eigenvalue weighted by Gasteiger charge is -2.34. The molecule has 0 N–H and O–H groups in total. The van der Waals surface area contributed by atoms with Gasteiger partial charge < -0.3 is 18.8 Å². The van der Waals surface area contributed by atoms with Crippen LogP contribution in [0.25, 0.3) is 43.3 Å². The fourth-order valence-electron chi connectivity index (χ4n) is 7.27. The summed E-state index contributed by atoms with van der Waals surface area (Å²) in [7, 11) is 1.74. The third-order valence-electron chi connectivity index (χ3n) is 10.0. The summed E-state index contributed by atoms with van der Waals surface area (Å²) in [4.78, 5) is 15.4. The van der Waals surface area contributed by atoms with E-state index in [1.165, 1.54) is 58.4 Å². The monoisotopic (exact) mass is 613 g/mol. The number of piperidine rings is 1. The van der Waals surface area contributed by atoms with Crippen molar-refractivity contribution in [2.75, 3.05) is 25.1 Å². The van der Waals surface area contributed by atoms with Gasteiger partial charge in [0.15, 0.2) is 0 Å². The summed E-state index contributed by atoms with van der Waals surface area (Å²) >= 11 is 0. The fourth-order valence-corrected chi connectivity index (χ4v) is 7.27. The third kappa shape index (κ3) is 5.46. The Kier molecular flexibility index (Phi) is 8.33. The molecule has 0 unspecified atom stereocenters. The topological polar surface area (TPSA) is 51.9 Å². The lowest BCUT2D eigenvalue weighted by Crippen LogP contribution is -2.38. The number of hydrogen-bond acceptors (Lipinski definition) is 5. The van der Waals surface area contributed by atoms with Gasteiger partial charge in [0.05, 0.1) is 24.6 Å². The first kappa shape index (κ1) is 30.2. The molecule has 0 radical (unpaired) electrons. The molecule has 5 heteroatoms. The molecule has 6 aromatic rings. The van der Waals surface area contributed by atoms with E-state index in [9.17, 15) is 4.79 Å². The van der Waals surface area contributed by atoms with Crippen LogP contribution in [0.5, 0.6) is 5.75 Å². The number of unbranched alkanes of at least 4 members (excludes halogenated alkanes) is 3. The molecule has 1 aliphatic rings. The summed E-state index contributed by atoms with van der Waals surface area (Å²) in [5, 5.41) is 8.33. The fraction of sp³-hybridized carbons (Fsp3) is 0.341. The molecular formula is C41H43NO4. The molecular weight excluding hydrogens is 570 g/mol. The molecule has 1 aliphatic heterocycles. The van der Waals surface area contributed by atoms with Crippen LogP contribution >= 0.6 is 0 Å². The van der Waals surface area contributed by atoms with Crippen LogP contribution in [0.4, 0.5) is 5.69 Å². The number of rotatable bonds is 9. The molecule has 2 heterocycles. The van der Waals surface area contributed by atoms with Gasteiger partial charge in [-0.1, -0.05) is 62.6 Å². The SMILES string of the molecule is CCCCCCc1ccc(C(=O)OC2CCN(c3cc4c(cc3OC)c3occ(C)c(C)c3c3cc5ccccc5c43)CC2)cc1. The average molecular weight is 614 g/mol. The molecule has 0 saturated carbocycles. The van der Waals surface area contributed by atoms with Crippen LogP contribution in [0.2, 0.25) is 0 Å². The number of esters is 1. The maximum Gasteiger partial charge on any atom is 0.338 e. The first-order valence-corrected chi connectivity index (χ1v) is 16.8. The van der Waals surface area contributed by atoms with Crippen LogP contribution in [0.1, 0.15) is 72.5 Å². The van der Waals surface area contributed by atoms with Gasteiger partial charge in [0.25, 0.3) is 0 Å². The Balaban J connectivity index is 1.15. The number of ether oxygens (including phenoxy) is 2. The smallest absolute Gasteiger partial charge is 0.338 e. The Morgan fingerprint density at radius 2 is 1.65 bits per heavy atom. The van der Waals surface area contributed by atoms with E-state index in [0.717, 1.165) is 71.1 Å². The number of nitrogens with zero attached hydrogens (tertiary/aromatic N) is 1. The van der Waals surface area contributed by atoms with Gasteiger partial charge in [-0.15, -0.1) is 0 Å². The number of hydrogen-bond donors (Lipinski definition) is 0. The van der Waals surface area contributed by atoms with E-state index in [1.807, 2.05) is 18.4 Å². The van der Waals surface area contributed by atoms with Gasteiger partial charge in [0, 0.05) is 36.7 Å². The molecule has 1 fully saturated rings. The molecule has 7 rings (SSSR count). The number of fused-ring (bicyclic) bond motifs is 8. The van der Waals surface area contributed by atoms with Crippen molar-refractivity contribution in [3.05, 3.63) is 95.2 Å². The van der Waals surface area contributed by atoms with Crippen molar-refractivity contribution in [2.45, 2.75) is 71.8 Å². The predicted octanol–water partition coefficient (Wildman–Crippen LogP) is 10.5. The molecule has 5 aromatic carbocycles. The summed E-state index contributed by atoms with van der Waals surface area (Å²) < 4.78 is 18.3. The Hall–Kier alpha value is -4.51. The summed E-state index contributed by atoms with van der Waals surface area (Å²) in [6.07, 6.45) is 9.31. The van der Waals surface area contributed by atoms with E-state index in [2.05, 4.69) is 80.3 Å². The Labute approximate surface area is 271 Å². The van der Waals surface area contributed by atoms with Crippen LogP contribution < -0.4 is 9.64 Å². The van der Waals surface area contributed by atoms with Gasteiger partial charge in [-0.05, 0) is 101 Å². The third-order valence-corrected chi connectivity index (χ3v) is 10.0. The second kappa shape index (κ2) is 12.7. The lowest BCUT2D eigenvalue weighted by atomic mass is 9.95. The second-order valence-electron chi connectivity index (χ2n) is 12.9. The minimum Gasteiger partial charge on any atom is -0.495 e. The zero-order chi connectivity index (χ0) is 31.8. The minimum absolute atomic E-state index is 0.108. The standard InChI is InChI=1S/C41H43NO4/c1-5-6-7-8-11-28-14-16-29(17-15-28)41(43)46-31-18-20-42(21-19-31)36-23-33-34(24-37(36)44-4)40-38(27(3)26(2)25-45-40)35-22-30-12-9-10-13-32(30)39(33)35/h9-10,12-17,22-25,31H,5-8,11,18-21H2,1-4H3. The van der Waals surface area contributed by atoms with Gasteiger partial charge in [-0.3, -0.25) is 0 Å². The minimum atomic E-state index is -0.231. The molecule has 0 atom stereocenters. The van der Waals surface area contributed by atoms with E-state index >= 15 is 0 Å². The van der Waals surface area contributed by atoms with Crippen LogP contribution in [0.15, 0.2) is 77.4 Å². The van der Waals surface area contributed by atoms with Crippen LogP contribution in [0.3, 0.4) is 0 Å². The number of aryl methyl sites for hydroxylation is 3. The lowest BCUT2D eigenvalue weighted by molar-refractivity contribution is 0.0245. The van der Waals surface area contributed by atoms with Gasteiger partial charge in [-0.2, -0.15) is 0 Å². The molecule has 236 valence electrons. The van der Waals surface area contributed by atoms with Crippen LogP contribution in [-0.2, 0) is 11.2 Å². The van der Waals surface area contributed by atoms with Crippen LogP contribution in [0, 0.1) is 13.8 Å². The van der Waals surface area contributed by atoms with Gasteiger partial charge in [0.2, 0.25) is 0 Å². The first-order valence-electron chi connectivity index (χ1n) is 16.8. The Bertz CT molecular complexity index is 2050. The second-order valence-corrected chi connectivity index (χ2v) is 12.9. The number of methoxy groups -OCH3 is 1. The molecule has 0 bridgehead atoms. The van der Waals surface area contributed by atoms with Crippen molar-refractivity contribution in [3.63, 3.8) is 0 Å². The van der Waals surface area contributed by atoms with E-state index < -0.39 is 0 Å². The number of benzene rings is 4. The van der Waals surface area contributed by atoms with Gasteiger partial charge in [-0.25, -0.2) is 4.79 Å². The summed E-state index contributed by atoms with van der Waals surface area (Å²) in [5.74, 6) is 0.591. The van der Waals surface area contributed by atoms with Crippen molar-refractivity contribution in [3.8, 4) is 5.75 Å². The van der Waals surface area contributed by atoms with E-state index in [4.69, 9.17) is 13.9 Å². The molecule has 0 spiro atoms. The Morgan fingerprint density at radius 1 is 0.870 bits per heavy atom. The maximum atomic E-state index is 13.0. The van der Waals surface area contributed by atoms with Crippen LogP contribution in [-0.4, -0.2) is 32.3 Å². The van der Waals surface area contributed by atoms with E-state index in [1.54, 1.807) is 7.11 Å². The average Bonchev–Trinajstić information content (AvgIpc) is 3.48. The Morgan fingerprint density at radius 3 is 2.41 bits per heavy atom. The molecule has 0 aliphatic carbocycles. The van der Waals surface area contributed by atoms with Crippen molar-refractivity contribution >= 4 is 54.9 Å². The van der Waals surface area contributed by atoms with E-state index in [0.29, 0.717) is 5.56 Å². The van der Waals surface area contributed by atoms with Crippen molar-refractivity contribution in [1.82, 2.24) is 0 Å². The van der Waals surface area contributed by atoms with Crippen molar-refractivity contribution in [2.24, 2.45) is 0 Å². The predicted molar refractivity (Wildman–Crippen MR) is 190 cm³/mol. The summed E-state index contributed by atoms with van der Waals surface area (Å²) in [6, 6.07) is 23.3. The zero-order valence-corrected chi connectivity index (χ0v) is 27.4. The van der Waals surface area contributed by atoms with Crippen molar-refractivity contribution < 1.29 is 18.7 Å². The van der Waals surface area contributed by atoms with E-state index in [-0.39, 0.29) is 12.1 Å². The summed E-state index contributed by atoms with van der Waals surface area (Å²) in [5.41, 5.74) is 6.24. The molecule has 5 nitrogen and oxygen atoms in total. The van der Waals surface area contributed by atoms with Gasteiger partial charge in [0.1, 0.15) is 17.4 Å². The number of carbonyl (C=O) groups excluding carboxylic acids is 1. The quantitative estimate of drug-likeness (QED) is 0.0922. The summed E-state index contributed by atoms with van der Waals surface area (Å²) in [6.45, 7) is 8.07. The van der Waals surface area contributed by atoms with Gasteiger partial charge >= 0.3 is 5.97 Å². The normalized spacial score (nSPS) is 14.1. The highest BCUT2D eigenvalue weighted by atomic mass is 16.5. The molecule has 46 heavy (non-hydrogen) atoms. The largest absolute Gasteiger partial charge is 0.495 e. The highest BCUT2D eigenvalue weighted by molar-refractivity contribution is 6.33. The highest BCUT2D eigenvalue weighted by Gasteiger charge is 2.26. The zero-order valence-electron chi connectivity index (χ0n) is 27.4. The first-order chi connectivity index (χ1) is 22.5. The van der Waals surface area contributed by atoms with Crippen molar-refractivity contribution in [1.29, 1.82) is 0 Å². The maximum absolute atomic E-state index is 13.0. The number of carbonyl (C=O) groups is 1.